The molecule has 0 fully saturated rings. The summed E-state index contributed by atoms with van der Waals surface area (Å²) >= 11 is 1.56. The summed E-state index contributed by atoms with van der Waals surface area (Å²) in [4.78, 5) is 30.3. The molecule has 0 aliphatic heterocycles. The van der Waals surface area contributed by atoms with E-state index in [1.807, 2.05) is 36.6 Å². The molecule has 0 unspecified atom stereocenters. The minimum atomic E-state index is -0.282. The lowest BCUT2D eigenvalue weighted by molar-refractivity contribution is 0.102. The van der Waals surface area contributed by atoms with Crippen molar-refractivity contribution >= 4 is 22.9 Å². The van der Waals surface area contributed by atoms with Gasteiger partial charge in [0.2, 0.25) is 5.56 Å². The predicted octanol–water partition coefficient (Wildman–Crippen LogP) is 3.06. The zero-order valence-electron chi connectivity index (χ0n) is 11.8. The first kappa shape index (κ1) is 14.2. The van der Waals surface area contributed by atoms with Gasteiger partial charge in [0.1, 0.15) is 0 Å². The largest absolute Gasteiger partial charge is 0.328 e. The van der Waals surface area contributed by atoms with Crippen molar-refractivity contribution in [3.63, 3.8) is 0 Å². The number of aromatic amines is 1. The minimum Gasteiger partial charge on any atom is -0.328 e. The number of hydrogen-bond donors (Lipinski definition) is 2. The summed E-state index contributed by atoms with van der Waals surface area (Å²) in [5.74, 6) is -0.282. The summed E-state index contributed by atoms with van der Waals surface area (Å²) in [5, 5.41) is 5.79. The maximum absolute atomic E-state index is 12.3. The van der Waals surface area contributed by atoms with E-state index in [4.69, 9.17) is 0 Å². The number of benzene rings is 1. The third kappa shape index (κ3) is 2.96. The lowest BCUT2D eigenvalue weighted by Crippen LogP contribution is -2.15. The number of amides is 1. The number of aryl methyl sites for hydroxylation is 1. The molecule has 0 radical (unpaired) electrons. The Bertz CT molecular complexity index is 862. The number of carbonyl (C=O) groups excluding carboxylic acids is 1. The lowest BCUT2D eigenvalue weighted by atomic mass is 10.1. The third-order valence-corrected chi connectivity index (χ3v) is 3.89. The minimum absolute atomic E-state index is 0.241. The Morgan fingerprint density at radius 2 is 2.05 bits per heavy atom. The molecule has 2 heterocycles. The van der Waals surface area contributed by atoms with Crippen LogP contribution in [0.1, 0.15) is 15.4 Å². The number of para-hydroxylation sites is 1. The summed E-state index contributed by atoms with van der Waals surface area (Å²) in [6.07, 6.45) is 1.40. The van der Waals surface area contributed by atoms with Crippen molar-refractivity contribution in [1.29, 1.82) is 0 Å². The molecule has 0 bridgehead atoms. The molecule has 0 spiro atoms. The van der Waals surface area contributed by atoms with Crippen LogP contribution in [-0.2, 0) is 0 Å². The fourth-order valence-electron chi connectivity index (χ4n) is 2.05. The fraction of sp³-hybridized carbons (Fsp3) is 0.0625. The topological polar surface area (TPSA) is 74.8 Å². The molecule has 1 aromatic carbocycles. The Labute approximate surface area is 130 Å². The van der Waals surface area contributed by atoms with E-state index in [0.717, 1.165) is 16.3 Å². The van der Waals surface area contributed by atoms with Crippen LogP contribution in [0.4, 0.5) is 5.69 Å². The molecule has 5 nitrogen and oxygen atoms in total. The Hall–Kier alpha value is -2.73. The van der Waals surface area contributed by atoms with Crippen LogP contribution in [0.5, 0.6) is 0 Å². The van der Waals surface area contributed by atoms with Crippen LogP contribution in [-0.4, -0.2) is 15.9 Å². The summed E-state index contributed by atoms with van der Waals surface area (Å²) < 4.78 is 0. The number of H-pyrrole nitrogens is 1. The summed E-state index contributed by atoms with van der Waals surface area (Å²) in [6.45, 7) is 1.94. The number of pyridine rings is 1. The molecule has 0 saturated carbocycles. The molecule has 110 valence electrons. The average Bonchev–Trinajstić information content (AvgIpc) is 2.95. The molecule has 2 N–H and O–H groups in total. The molecule has 0 atom stereocenters. The van der Waals surface area contributed by atoms with Gasteiger partial charge in [-0.05, 0) is 19.1 Å². The Kier molecular flexibility index (Phi) is 3.84. The van der Waals surface area contributed by atoms with Crippen LogP contribution in [0, 0.1) is 6.92 Å². The molecule has 3 aromatic rings. The third-order valence-electron chi connectivity index (χ3n) is 3.12. The predicted molar refractivity (Wildman–Crippen MR) is 87.3 cm³/mol. The maximum Gasteiger partial charge on any atom is 0.257 e. The van der Waals surface area contributed by atoms with E-state index in [-0.39, 0.29) is 11.5 Å². The number of nitrogens with zero attached hydrogens (tertiary/aromatic N) is 1. The Balaban J connectivity index is 1.91. The van der Waals surface area contributed by atoms with Gasteiger partial charge < -0.3 is 10.3 Å². The highest BCUT2D eigenvalue weighted by molar-refractivity contribution is 7.09. The van der Waals surface area contributed by atoms with Crippen molar-refractivity contribution in [3.05, 3.63) is 68.9 Å². The van der Waals surface area contributed by atoms with Crippen molar-refractivity contribution in [2.75, 3.05) is 5.32 Å². The normalized spacial score (nSPS) is 10.4. The summed E-state index contributed by atoms with van der Waals surface area (Å²) in [5.41, 5.74) is 2.53. The van der Waals surface area contributed by atoms with Crippen molar-refractivity contribution in [2.45, 2.75) is 6.92 Å². The highest BCUT2D eigenvalue weighted by atomic mass is 32.1. The van der Waals surface area contributed by atoms with E-state index in [0.29, 0.717) is 11.3 Å². The lowest BCUT2D eigenvalue weighted by Gasteiger charge is -2.09. The molecular weight excluding hydrogens is 298 g/mol. The first-order valence-corrected chi connectivity index (χ1v) is 7.53. The van der Waals surface area contributed by atoms with Crippen LogP contribution >= 0.6 is 11.3 Å². The van der Waals surface area contributed by atoms with Crippen molar-refractivity contribution in [3.8, 4) is 11.3 Å². The number of nitrogens with one attached hydrogen (secondary N) is 2. The van der Waals surface area contributed by atoms with Gasteiger partial charge in [-0.2, -0.15) is 0 Å². The number of carbonyl (C=O) groups is 1. The quantitative estimate of drug-likeness (QED) is 0.780. The highest BCUT2D eigenvalue weighted by Gasteiger charge is 2.11. The first-order chi connectivity index (χ1) is 10.6. The average molecular weight is 311 g/mol. The number of aromatic nitrogens is 2. The maximum atomic E-state index is 12.3. The van der Waals surface area contributed by atoms with Gasteiger partial charge in [-0.25, -0.2) is 4.98 Å². The van der Waals surface area contributed by atoms with Crippen LogP contribution in [0.15, 0.2) is 52.8 Å². The summed E-state index contributed by atoms with van der Waals surface area (Å²) in [7, 11) is 0. The second kappa shape index (κ2) is 5.95. The Morgan fingerprint density at radius 1 is 1.23 bits per heavy atom. The Morgan fingerprint density at radius 3 is 2.73 bits per heavy atom. The molecule has 1 amide bonds. The first-order valence-electron chi connectivity index (χ1n) is 6.65. The molecule has 2 aromatic heterocycles. The van der Waals surface area contributed by atoms with Crippen LogP contribution in [0.2, 0.25) is 0 Å². The molecule has 3 rings (SSSR count). The second-order valence-corrected chi connectivity index (χ2v) is 5.76. The standard InChI is InChI=1S/C16H13N3O2S/c1-10-18-14(9-22-10)12-4-2-3-5-13(12)19-16(21)11-6-7-15(20)17-8-11/h2-9H,1H3,(H,17,20)(H,19,21). The van der Waals surface area contributed by atoms with Gasteiger partial charge in [0.15, 0.2) is 0 Å². The number of rotatable bonds is 3. The van der Waals surface area contributed by atoms with E-state index in [1.54, 1.807) is 11.3 Å². The molecule has 0 aliphatic carbocycles. The molecule has 22 heavy (non-hydrogen) atoms. The van der Waals surface area contributed by atoms with Gasteiger partial charge in [0, 0.05) is 23.2 Å². The van der Waals surface area contributed by atoms with Gasteiger partial charge in [0.05, 0.1) is 22.0 Å². The summed E-state index contributed by atoms with van der Waals surface area (Å²) in [6, 6.07) is 10.3. The van der Waals surface area contributed by atoms with E-state index >= 15 is 0 Å². The van der Waals surface area contributed by atoms with Crippen molar-refractivity contribution in [2.24, 2.45) is 0 Å². The van der Waals surface area contributed by atoms with Gasteiger partial charge >= 0.3 is 0 Å². The van der Waals surface area contributed by atoms with E-state index in [9.17, 15) is 9.59 Å². The number of anilines is 1. The van der Waals surface area contributed by atoms with E-state index < -0.39 is 0 Å². The fourth-order valence-corrected chi connectivity index (χ4v) is 2.66. The SMILES string of the molecule is Cc1nc(-c2ccccc2NC(=O)c2ccc(=O)[nH]c2)cs1. The van der Waals surface area contributed by atoms with Crippen molar-refractivity contribution < 1.29 is 4.79 Å². The molecular formula is C16H13N3O2S. The zero-order valence-corrected chi connectivity index (χ0v) is 12.6. The van der Waals surface area contributed by atoms with Gasteiger partial charge in [-0.1, -0.05) is 18.2 Å². The van der Waals surface area contributed by atoms with Gasteiger partial charge in [-0.3, -0.25) is 9.59 Å². The van der Waals surface area contributed by atoms with Crippen molar-refractivity contribution in [1.82, 2.24) is 9.97 Å². The smallest absolute Gasteiger partial charge is 0.257 e. The molecule has 0 saturated heterocycles. The van der Waals surface area contributed by atoms with E-state index in [2.05, 4.69) is 15.3 Å². The zero-order chi connectivity index (χ0) is 15.5. The second-order valence-electron chi connectivity index (χ2n) is 4.69. The highest BCUT2D eigenvalue weighted by Crippen LogP contribution is 2.28. The monoisotopic (exact) mass is 311 g/mol. The van der Waals surface area contributed by atoms with Crippen LogP contribution < -0.4 is 10.9 Å². The van der Waals surface area contributed by atoms with Gasteiger partial charge in [0.25, 0.3) is 5.91 Å². The van der Waals surface area contributed by atoms with E-state index in [1.165, 1.54) is 18.3 Å². The molecule has 0 aliphatic rings. The van der Waals surface area contributed by atoms with Crippen LogP contribution in [0.3, 0.4) is 0 Å². The van der Waals surface area contributed by atoms with Crippen LogP contribution in [0.25, 0.3) is 11.3 Å². The number of thiazole rings is 1. The van der Waals surface area contributed by atoms with Gasteiger partial charge in [-0.15, -0.1) is 11.3 Å². The molecule has 6 heteroatoms. The number of hydrogen-bond acceptors (Lipinski definition) is 4.